The Morgan fingerprint density at radius 1 is 0.962 bits per heavy atom. The van der Waals surface area contributed by atoms with Crippen LogP contribution in [0.1, 0.15) is 50.4 Å². The summed E-state index contributed by atoms with van der Waals surface area (Å²) in [6.07, 6.45) is 3.82. The number of hydrogen-bond donors (Lipinski definition) is 1. The largest absolute Gasteiger partial charge is 0.490 e. The number of rotatable bonds is 10. The van der Waals surface area contributed by atoms with E-state index in [9.17, 15) is 4.79 Å². The summed E-state index contributed by atoms with van der Waals surface area (Å²) in [6.45, 7) is 11.0. The normalized spacial score (nSPS) is 14.7. The number of carbonyl (C=O) groups excluding carboxylic acids is 1. The second kappa shape index (κ2) is 10.9. The molecular weight excluding hydrogens is 332 g/mol. The van der Waals surface area contributed by atoms with Crippen molar-refractivity contribution in [2.75, 3.05) is 46.0 Å². The second-order valence-electron chi connectivity index (χ2n) is 6.26. The number of nitrogens with one attached hydrogen (secondary N) is 1. The van der Waals surface area contributed by atoms with Crippen LogP contribution in [0, 0.1) is 0 Å². The summed E-state index contributed by atoms with van der Waals surface area (Å²) in [4.78, 5) is 15.0. The Balaban J connectivity index is 2.06. The highest BCUT2D eigenvalue weighted by atomic mass is 16.5. The second-order valence-corrected chi connectivity index (χ2v) is 6.26. The van der Waals surface area contributed by atoms with Gasteiger partial charge in [-0.3, -0.25) is 4.79 Å². The molecule has 0 unspecified atom stereocenters. The van der Waals surface area contributed by atoms with E-state index in [1.54, 1.807) is 12.1 Å². The van der Waals surface area contributed by atoms with Gasteiger partial charge in [-0.1, -0.05) is 6.42 Å². The molecule has 1 fully saturated rings. The highest BCUT2D eigenvalue weighted by molar-refractivity contribution is 5.95. The molecule has 0 aliphatic carbocycles. The van der Waals surface area contributed by atoms with Crippen molar-refractivity contribution in [3.8, 4) is 17.2 Å². The van der Waals surface area contributed by atoms with Gasteiger partial charge < -0.3 is 24.4 Å². The summed E-state index contributed by atoms with van der Waals surface area (Å²) in [7, 11) is 0. The van der Waals surface area contributed by atoms with E-state index in [4.69, 9.17) is 14.2 Å². The van der Waals surface area contributed by atoms with Crippen molar-refractivity contribution in [2.45, 2.75) is 40.0 Å². The predicted octanol–water partition coefficient (Wildman–Crippen LogP) is 3.10. The van der Waals surface area contributed by atoms with E-state index in [-0.39, 0.29) is 5.91 Å². The van der Waals surface area contributed by atoms with Crippen LogP contribution in [0.15, 0.2) is 12.1 Å². The molecule has 0 aromatic heterocycles. The zero-order valence-corrected chi connectivity index (χ0v) is 16.3. The SMILES string of the molecule is CCOc1cc(C(=O)NCCN2CCCCC2)cc(OCC)c1OCC. The molecule has 1 aliphatic heterocycles. The van der Waals surface area contributed by atoms with Gasteiger partial charge in [-0.2, -0.15) is 0 Å². The van der Waals surface area contributed by atoms with Crippen LogP contribution in [0.3, 0.4) is 0 Å². The van der Waals surface area contributed by atoms with Crippen LogP contribution in [0.5, 0.6) is 17.2 Å². The van der Waals surface area contributed by atoms with Crippen molar-refractivity contribution >= 4 is 5.91 Å². The molecule has 0 bridgehead atoms. The molecule has 1 aromatic carbocycles. The molecule has 6 heteroatoms. The lowest BCUT2D eigenvalue weighted by Gasteiger charge is -2.26. The molecule has 146 valence electrons. The summed E-state index contributed by atoms with van der Waals surface area (Å²) >= 11 is 0. The van der Waals surface area contributed by atoms with Crippen molar-refractivity contribution in [3.05, 3.63) is 17.7 Å². The molecule has 6 nitrogen and oxygen atoms in total. The summed E-state index contributed by atoms with van der Waals surface area (Å²) < 4.78 is 17.0. The smallest absolute Gasteiger partial charge is 0.251 e. The molecule has 2 rings (SSSR count). The Hall–Kier alpha value is -1.95. The number of ether oxygens (including phenoxy) is 3. The van der Waals surface area contributed by atoms with Gasteiger partial charge in [0.05, 0.1) is 19.8 Å². The number of likely N-dealkylation sites (tertiary alicyclic amines) is 1. The molecule has 1 aromatic rings. The Morgan fingerprint density at radius 2 is 1.54 bits per heavy atom. The predicted molar refractivity (Wildman–Crippen MR) is 103 cm³/mol. The zero-order chi connectivity index (χ0) is 18.8. The summed E-state index contributed by atoms with van der Waals surface area (Å²) in [5.74, 6) is 1.52. The zero-order valence-electron chi connectivity index (χ0n) is 16.3. The van der Waals surface area contributed by atoms with Gasteiger partial charge in [0, 0.05) is 18.7 Å². The van der Waals surface area contributed by atoms with Gasteiger partial charge in [0.1, 0.15) is 0 Å². The van der Waals surface area contributed by atoms with Crippen molar-refractivity contribution < 1.29 is 19.0 Å². The fourth-order valence-corrected chi connectivity index (χ4v) is 3.13. The van der Waals surface area contributed by atoms with Crippen molar-refractivity contribution in [1.82, 2.24) is 10.2 Å². The van der Waals surface area contributed by atoms with Crippen LogP contribution in [0.2, 0.25) is 0 Å². The molecule has 1 N–H and O–H groups in total. The highest BCUT2D eigenvalue weighted by Crippen LogP contribution is 2.39. The molecule has 1 saturated heterocycles. The van der Waals surface area contributed by atoms with Crippen LogP contribution >= 0.6 is 0 Å². The number of carbonyl (C=O) groups is 1. The minimum absolute atomic E-state index is 0.119. The van der Waals surface area contributed by atoms with Gasteiger partial charge in [0.15, 0.2) is 11.5 Å². The van der Waals surface area contributed by atoms with Gasteiger partial charge >= 0.3 is 0 Å². The molecule has 0 atom stereocenters. The van der Waals surface area contributed by atoms with Gasteiger partial charge in [-0.25, -0.2) is 0 Å². The Kier molecular flexibility index (Phi) is 8.54. The lowest BCUT2D eigenvalue weighted by atomic mass is 10.1. The van der Waals surface area contributed by atoms with Crippen LogP contribution < -0.4 is 19.5 Å². The monoisotopic (exact) mass is 364 g/mol. The first-order chi connectivity index (χ1) is 12.7. The van der Waals surface area contributed by atoms with E-state index < -0.39 is 0 Å². The van der Waals surface area contributed by atoms with Crippen LogP contribution in [-0.2, 0) is 0 Å². The summed E-state index contributed by atoms with van der Waals surface area (Å²) in [6, 6.07) is 3.46. The first-order valence-corrected chi connectivity index (χ1v) is 9.76. The van der Waals surface area contributed by atoms with Crippen molar-refractivity contribution in [2.24, 2.45) is 0 Å². The van der Waals surface area contributed by atoms with E-state index in [0.29, 0.717) is 49.2 Å². The number of hydrogen-bond acceptors (Lipinski definition) is 5. The minimum Gasteiger partial charge on any atom is -0.490 e. The third-order valence-electron chi connectivity index (χ3n) is 4.33. The molecule has 26 heavy (non-hydrogen) atoms. The first kappa shape index (κ1) is 20.4. The van der Waals surface area contributed by atoms with Crippen molar-refractivity contribution in [3.63, 3.8) is 0 Å². The quantitative estimate of drug-likeness (QED) is 0.691. The van der Waals surface area contributed by atoms with Crippen LogP contribution in [0.25, 0.3) is 0 Å². The Morgan fingerprint density at radius 3 is 2.08 bits per heavy atom. The number of piperidine rings is 1. The third kappa shape index (κ3) is 5.80. The van der Waals surface area contributed by atoms with Gasteiger partial charge in [0.2, 0.25) is 5.75 Å². The fourth-order valence-electron chi connectivity index (χ4n) is 3.13. The van der Waals surface area contributed by atoms with Gasteiger partial charge in [0.25, 0.3) is 5.91 Å². The lowest BCUT2D eigenvalue weighted by Crippen LogP contribution is -2.37. The summed E-state index contributed by atoms with van der Waals surface area (Å²) in [5, 5.41) is 3.00. The van der Waals surface area contributed by atoms with E-state index in [0.717, 1.165) is 19.6 Å². The van der Waals surface area contributed by atoms with Gasteiger partial charge in [-0.05, 0) is 58.8 Å². The highest BCUT2D eigenvalue weighted by Gasteiger charge is 2.18. The maximum absolute atomic E-state index is 12.6. The van der Waals surface area contributed by atoms with E-state index in [2.05, 4.69) is 10.2 Å². The van der Waals surface area contributed by atoms with E-state index in [1.165, 1.54) is 19.3 Å². The average Bonchev–Trinajstić information content (AvgIpc) is 2.65. The molecular formula is C20H32N2O4. The Bertz CT molecular complexity index is 544. The summed E-state index contributed by atoms with van der Waals surface area (Å²) in [5.41, 5.74) is 0.527. The number of nitrogens with zero attached hydrogens (tertiary/aromatic N) is 1. The molecule has 1 aliphatic rings. The van der Waals surface area contributed by atoms with Gasteiger partial charge in [-0.15, -0.1) is 0 Å². The fraction of sp³-hybridized carbons (Fsp3) is 0.650. The van der Waals surface area contributed by atoms with E-state index >= 15 is 0 Å². The van der Waals surface area contributed by atoms with Crippen molar-refractivity contribution in [1.29, 1.82) is 0 Å². The molecule has 0 spiro atoms. The minimum atomic E-state index is -0.119. The Labute approximate surface area is 156 Å². The van der Waals surface area contributed by atoms with E-state index in [1.807, 2.05) is 20.8 Å². The molecule has 1 amide bonds. The third-order valence-corrected chi connectivity index (χ3v) is 4.33. The molecule has 0 radical (unpaired) electrons. The molecule has 1 heterocycles. The maximum Gasteiger partial charge on any atom is 0.251 e. The van der Waals surface area contributed by atoms with Crippen LogP contribution in [0.4, 0.5) is 0 Å². The first-order valence-electron chi connectivity index (χ1n) is 9.76. The molecule has 0 saturated carbocycles. The standard InChI is InChI=1S/C20H32N2O4/c1-4-24-17-14-16(15-18(25-5-2)19(17)26-6-3)20(23)21-10-13-22-11-8-7-9-12-22/h14-15H,4-13H2,1-3H3,(H,21,23). The van der Waals surface area contributed by atoms with Crippen LogP contribution in [-0.4, -0.2) is 56.8 Å². The number of amides is 1. The average molecular weight is 364 g/mol. The number of benzene rings is 1. The lowest BCUT2D eigenvalue weighted by molar-refractivity contribution is 0.0945. The maximum atomic E-state index is 12.6. The topological polar surface area (TPSA) is 60.0 Å².